The summed E-state index contributed by atoms with van der Waals surface area (Å²) in [5.74, 6) is -0.124. The number of aryl methyl sites for hydroxylation is 1. The molecule has 7 heteroatoms. The lowest BCUT2D eigenvalue weighted by Gasteiger charge is -2.24. The van der Waals surface area contributed by atoms with E-state index in [4.69, 9.17) is 0 Å². The minimum atomic E-state index is -0.411. The summed E-state index contributed by atoms with van der Waals surface area (Å²) < 4.78 is 0. The van der Waals surface area contributed by atoms with Crippen LogP contribution in [0.4, 0.5) is 5.69 Å². The third-order valence-corrected chi connectivity index (χ3v) is 5.52. The zero-order valence-corrected chi connectivity index (χ0v) is 17.1. The molecule has 154 valence electrons. The number of benzene rings is 2. The Bertz CT molecular complexity index is 1150. The summed E-state index contributed by atoms with van der Waals surface area (Å²) in [4.78, 5) is 48.6. The first-order chi connectivity index (χ1) is 14.5. The molecule has 1 aliphatic rings. The van der Waals surface area contributed by atoms with E-state index < -0.39 is 5.92 Å². The van der Waals surface area contributed by atoms with Crippen molar-refractivity contribution in [1.82, 2.24) is 14.9 Å². The van der Waals surface area contributed by atoms with E-state index in [0.717, 1.165) is 11.3 Å². The average molecular weight is 404 g/mol. The van der Waals surface area contributed by atoms with Gasteiger partial charge in [0.25, 0.3) is 5.56 Å². The van der Waals surface area contributed by atoms with E-state index in [9.17, 15) is 14.4 Å². The molecule has 0 radical (unpaired) electrons. The lowest BCUT2D eigenvalue weighted by molar-refractivity contribution is -0.136. The monoisotopic (exact) mass is 404 g/mol. The Labute approximate surface area is 174 Å². The zero-order chi connectivity index (χ0) is 21.3. The molecule has 4 rings (SSSR count). The average Bonchev–Trinajstić information content (AvgIpc) is 3.14. The Morgan fingerprint density at radius 2 is 1.90 bits per heavy atom. The highest BCUT2D eigenvalue weighted by atomic mass is 16.2. The molecule has 1 unspecified atom stereocenters. The molecule has 2 amide bonds. The molecular formula is C23H24N4O3. The van der Waals surface area contributed by atoms with Crippen molar-refractivity contribution in [3.05, 3.63) is 70.3 Å². The molecule has 1 aromatic heterocycles. The number of rotatable bonds is 5. The zero-order valence-electron chi connectivity index (χ0n) is 17.1. The number of fused-ring (bicyclic) bond motifs is 1. The van der Waals surface area contributed by atoms with Gasteiger partial charge in [-0.3, -0.25) is 14.4 Å². The minimum absolute atomic E-state index is 0.0505. The summed E-state index contributed by atoms with van der Waals surface area (Å²) in [7, 11) is 0. The van der Waals surface area contributed by atoms with Gasteiger partial charge < -0.3 is 14.8 Å². The molecule has 0 spiro atoms. The maximum Gasteiger partial charge on any atom is 0.258 e. The number of para-hydroxylation sites is 1. The van der Waals surface area contributed by atoms with E-state index in [0.29, 0.717) is 29.8 Å². The molecular weight excluding hydrogens is 380 g/mol. The van der Waals surface area contributed by atoms with Gasteiger partial charge in [0.05, 0.1) is 23.4 Å². The number of anilines is 1. The molecule has 2 aromatic carbocycles. The lowest BCUT2D eigenvalue weighted by Crippen LogP contribution is -2.37. The number of H-pyrrole nitrogens is 1. The Morgan fingerprint density at radius 1 is 1.17 bits per heavy atom. The summed E-state index contributed by atoms with van der Waals surface area (Å²) >= 11 is 0. The SMILES string of the molecule is CCN(Cc1nc2ccccc2c(=O)[nH]1)C(=O)C1CC(=O)N(c2ccc(C)cc2)C1. The number of aromatic nitrogens is 2. The molecule has 1 aliphatic heterocycles. The molecule has 1 N–H and O–H groups in total. The van der Waals surface area contributed by atoms with E-state index in [1.807, 2.05) is 44.2 Å². The minimum Gasteiger partial charge on any atom is -0.335 e. The lowest BCUT2D eigenvalue weighted by atomic mass is 10.1. The molecule has 1 fully saturated rings. The van der Waals surface area contributed by atoms with Gasteiger partial charge in [0.15, 0.2) is 0 Å². The highest BCUT2D eigenvalue weighted by Gasteiger charge is 2.37. The fraction of sp³-hybridized carbons (Fsp3) is 0.304. The second-order valence-electron chi connectivity index (χ2n) is 7.62. The van der Waals surface area contributed by atoms with Crippen molar-refractivity contribution in [2.75, 3.05) is 18.0 Å². The van der Waals surface area contributed by atoms with Crippen molar-refractivity contribution < 1.29 is 9.59 Å². The predicted octanol–water partition coefficient (Wildman–Crippen LogP) is 2.63. The van der Waals surface area contributed by atoms with Crippen LogP contribution in [-0.4, -0.2) is 39.8 Å². The number of hydrogen-bond donors (Lipinski definition) is 1. The number of amides is 2. The number of aromatic amines is 1. The van der Waals surface area contributed by atoms with Crippen LogP contribution in [0, 0.1) is 12.8 Å². The van der Waals surface area contributed by atoms with Gasteiger partial charge in [0, 0.05) is 25.2 Å². The van der Waals surface area contributed by atoms with Crippen LogP contribution >= 0.6 is 0 Å². The van der Waals surface area contributed by atoms with Crippen molar-refractivity contribution in [1.29, 1.82) is 0 Å². The van der Waals surface area contributed by atoms with Crippen molar-refractivity contribution in [3.8, 4) is 0 Å². The third kappa shape index (κ3) is 3.83. The Balaban J connectivity index is 1.51. The summed E-state index contributed by atoms with van der Waals surface area (Å²) in [6.07, 6.45) is 0.185. The van der Waals surface area contributed by atoms with Gasteiger partial charge in [-0.25, -0.2) is 4.98 Å². The molecule has 0 aliphatic carbocycles. The van der Waals surface area contributed by atoms with E-state index >= 15 is 0 Å². The summed E-state index contributed by atoms with van der Waals surface area (Å²) in [6, 6.07) is 14.8. The first-order valence-electron chi connectivity index (χ1n) is 10.1. The van der Waals surface area contributed by atoms with Gasteiger partial charge in [-0.15, -0.1) is 0 Å². The second-order valence-corrected chi connectivity index (χ2v) is 7.62. The maximum atomic E-state index is 13.1. The van der Waals surface area contributed by atoms with Crippen LogP contribution in [0.2, 0.25) is 0 Å². The van der Waals surface area contributed by atoms with Crippen LogP contribution in [0.5, 0.6) is 0 Å². The summed E-state index contributed by atoms with van der Waals surface area (Å²) in [6.45, 7) is 4.89. The topological polar surface area (TPSA) is 86.4 Å². The fourth-order valence-electron chi connectivity index (χ4n) is 3.84. The van der Waals surface area contributed by atoms with E-state index in [1.54, 1.807) is 28.0 Å². The van der Waals surface area contributed by atoms with E-state index in [-0.39, 0.29) is 30.3 Å². The normalized spacial score (nSPS) is 16.3. The van der Waals surface area contributed by atoms with Crippen molar-refractivity contribution in [3.63, 3.8) is 0 Å². The molecule has 2 heterocycles. The van der Waals surface area contributed by atoms with Crippen LogP contribution in [0.3, 0.4) is 0 Å². The number of carbonyl (C=O) groups excluding carboxylic acids is 2. The molecule has 0 bridgehead atoms. The standard InChI is InChI=1S/C23H24N4O3/c1-3-26(14-20-24-19-7-5-4-6-18(19)22(29)25-20)23(30)16-12-21(28)27(13-16)17-10-8-15(2)9-11-17/h4-11,16H,3,12-14H2,1-2H3,(H,24,25,29). The Morgan fingerprint density at radius 3 is 2.63 bits per heavy atom. The van der Waals surface area contributed by atoms with E-state index in [2.05, 4.69) is 9.97 Å². The molecule has 1 saturated heterocycles. The van der Waals surface area contributed by atoms with Crippen LogP contribution in [0.1, 0.15) is 24.7 Å². The molecule has 7 nitrogen and oxygen atoms in total. The van der Waals surface area contributed by atoms with E-state index in [1.165, 1.54) is 0 Å². The molecule has 1 atom stereocenters. The Kier molecular flexibility index (Phi) is 5.35. The molecule has 30 heavy (non-hydrogen) atoms. The van der Waals surface area contributed by atoms with Crippen molar-refractivity contribution in [2.45, 2.75) is 26.8 Å². The van der Waals surface area contributed by atoms with Gasteiger partial charge in [-0.05, 0) is 38.1 Å². The highest BCUT2D eigenvalue weighted by Crippen LogP contribution is 2.27. The van der Waals surface area contributed by atoms with Crippen molar-refractivity contribution >= 4 is 28.4 Å². The number of hydrogen-bond acceptors (Lipinski definition) is 4. The smallest absolute Gasteiger partial charge is 0.258 e. The summed E-state index contributed by atoms with van der Waals surface area (Å²) in [5.41, 5.74) is 2.30. The van der Waals surface area contributed by atoms with Crippen LogP contribution in [0.15, 0.2) is 53.3 Å². The quantitative estimate of drug-likeness (QED) is 0.708. The number of nitrogens with one attached hydrogen (secondary N) is 1. The van der Waals surface area contributed by atoms with Gasteiger partial charge in [0.1, 0.15) is 5.82 Å². The predicted molar refractivity (Wildman–Crippen MR) is 115 cm³/mol. The van der Waals surface area contributed by atoms with Gasteiger partial charge in [-0.2, -0.15) is 0 Å². The van der Waals surface area contributed by atoms with Crippen LogP contribution < -0.4 is 10.5 Å². The first-order valence-corrected chi connectivity index (χ1v) is 10.1. The van der Waals surface area contributed by atoms with Crippen molar-refractivity contribution in [2.24, 2.45) is 5.92 Å². The maximum absolute atomic E-state index is 13.1. The first kappa shape index (κ1) is 19.8. The third-order valence-electron chi connectivity index (χ3n) is 5.52. The van der Waals surface area contributed by atoms with Gasteiger partial charge in [-0.1, -0.05) is 29.8 Å². The molecule has 3 aromatic rings. The molecule has 0 saturated carbocycles. The Hall–Kier alpha value is -3.48. The van der Waals surface area contributed by atoms with Gasteiger partial charge >= 0.3 is 0 Å². The number of carbonyl (C=O) groups is 2. The summed E-state index contributed by atoms with van der Waals surface area (Å²) in [5, 5.41) is 0.519. The van der Waals surface area contributed by atoms with Gasteiger partial charge in [0.2, 0.25) is 11.8 Å². The second kappa shape index (κ2) is 8.10. The van der Waals surface area contributed by atoms with Crippen LogP contribution in [0.25, 0.3) is 10.9 Å². The largest absolute Gasteiger partial charge is 0.335 e. The fourth-order valence-corrected chi connectivity index (χ4v) is 3.84. The highest BCUT2D eigenvalue weighted by molar-refractivity contribution is 6.00. The number of nitrogens with zero attached hydrogens (tertiary/aromatic N) is 3. The van der Waals surface area contributed by atoms with Crippen LogP contribution in [-0.2, 0) is 16.1 Å².